The van der Waals surface area contributed by atoms with Crippen LogP contribution in [0.5, 0.6) is 11.5 Å². The molecule has 0 saturated heterocycles. The van der Waals surface area contributed by atoms with Crippen molar-refractivity contribution in [2.75, 3.05) is 7.11 Å². The Hall–Kier alpha value is -3.26. The molecule has 0 aliphatic rings. The fraction of sp³-hybridized carbons (Fsp3) is 0.211. The summed E-state index contributed by atoms with van der Waals surface area (Å²) in [6, 6.07) is 10.6. The Morgan fingerprint density at radius 2 is 1.79 bits per heavy atom. The van der Waals surface area contributed by atoms with Gasteiger partial charge in [-0.2, -0.15) is 0 Å². The van der Waals surface area contributed by atoms with Crippen LogP contribution in [0.3, 0.4) is 0 Å². The van der Waals surface area contributed by atoms with Crippen LogP contribution in [0.15, 0.2) is 42.5 Å². The number of carbonyl (C=O) groups excluding carboxylic acids is 3. The van der Waals surface area contributed by atoms with E-state index in [0.29, 0.717) is 16.5 Å². The van der Waals surface area contributed by atoms with Crippen molar-refractivity contribution in [2.24, 2.45) is 5.73 Å². The van der Waals surface area contributed by atoms with Crippen molar-refractivity contribution in [3.8, 4) is 11.5 Å². The molecule has 8 nitrogen and oxygen atoms in total. The number of ether oxygens (including phenoxy) is 3. The van der Waals surface area contributed by atoms with E-state index in [1.807, 2.05) is 17.4 Å². The van der Waals surface area contributed by atoms with E-state index >= 15 is 0 Å². The minimum atomic E-state index is -1.20. The molecule has 0 heterocycles. The van der Waals surface area contributed by atoms with Crippen molar-refractivity contribution >= 4 is 29.5 Å². The quantitative estimate of drug-likeness (QED) is 0.682. The van der Waals surface area contributed by atoms with Crippen molar-refractivity contribution in [2.45, 2.75) is 19.6 Å². The number of methoxy groups -OCH3 is 1. The molecule has 0 aliphatic carbocycles. The number of rotatable bonds is 7. The number of amides is 3. The Bertz CT molecular complexity index is 869. The summed E-state index contributed by atoms with van der Waals surface area (Å²) in [5.74, 6) is -0.850. The molecule has 2 aromatic carbocycles. The van der Waals surface area contributed by atoms with Crippen LogP contribution >= 0.6 is 11.6 Å². The molecule has 0 radical (unpaired) electrons. The van der Waals surface area contributed by atoms with Gasteiger partial charge in [-0.15, -0.1) is 0 Å². The van der Waals surface area contributed by atoms with E-state index in [2.05, 4.69) is 0 Å². The first-order valence-electron chi connectivity index (χ1n) is 8.16. The summed E-state index contributed by atoms with van der Waals surface area (Å²) in [4.78, 5) is 34.5. The van der Waals surface area contributed by atoms with Crippen molar-refractivity contribution in [3.05, 3.63) is 58.6 Å². The van der Waals surface area contributed by atoms with Gasteiger partial charge in [0.25, 0.3) is 5.91 Å². The molecule has 2 aromatic rings. The number of hydrogen-bond acceptors (Lipinski definition) is 6. The van der Waals surface area contributed by atoms with Crippen LogP contribution in [0.2, 0.25) is 5.02 Å². The van der Waals surface area contributed by atoms with Crippen LogP contribution in [0.25, 0.3) is 0 Å². The highest BCUT2D eigenvalue weighted by Crippen LogP contribution is 2.29. The van der Waals surface area contributed by atoms with Gasteiger partial charge in [-0.3, -0.25) is 10.1 Å². The van der Waals surface area contributed by atoms with Crippen LogP contribution in [0.4, 0.5) is 4.79 Å². The Labute approximate surface area is 166 Å². The molecule has 1 unspecified atom stereocenters. The minimum Gasteiger partial charge on any atom is -0.493 e. The number of nitrogens with one attached hydrogen (secondary N) is 1. The summed E-state index contributed by atoms with van der Waals surface area (Å²) < 4.78 is 16.0. The monoisotopic (exact) mass is 406 g/mol. The Morgan fingerprint density at radius 3 is 2.39 bits per heavy atom. The van der Waals surface area contributed by atoms with Crippen molar-refractivity contribution < 1.29 is 28.6 Å². The molecule has 0 aromatic heterocycles. The molecule has 2 rings (SSSR count). The highest BCUT2D eigenvalue weighted by Gasteiger charge is 2.21. The maximum absolute atomic E-state index is 12.2. The molecule has 3 amide bonds. The minimum absolute atomic E-state index is 0.148. The number of halogens is 1. The second-order valence-corrected chi connectivity index (χ2v) is 6.12. The van der Waals surface area contributed by atoms with E-state index in [4.69, 9.17) is 31.5 Å². The van der Waals surface area contributed by atoms with Gasteiger partial charge >= 0.3 is 12.0 Å². The highest BCUT2D eigenvalue weighted by molar-refractivity contribution is 6.30. The maximum Gasteiger partial charge on any atom is 0.339 e. The van der Waals surface area contributed by atoms with Crippen molar-refractivity contribution in [1.82, 2.24) is 5.32 Å². The van der Waals surface area contributed by atoms with Gasteiger partial charge in [0, 0.05) is 5.02 Å². The molecule has 0 bridgehead atoms. The summed E-state index contributed by atoms with van der Waals surface area (Å²) in [6.45, 7) is 1.60. The lowest BCUT2D eigenvalue weighted by molar-refractivity contribution is -0.127. The molecule has 148 valence electrons. The van der Waals surface area contributed by atoms with Crippen molar-refractivity contribution in [1.29, 1.82) is 0 Å². The van der Waals surface area contributed by atoms with Gasteiger partial charge in [0.05, 0.1) is 12.7 Å². The van der Waals surface area contributed by atoms with Gasteiger partial charge in [-0.05, 0) is 42.8 Å². The van der Waals surface area contributed by atoms with Crippen LogP contribution < -0.4 is 20.5 Å². The number of nitrogens with two attached hydrogens (primary N) is 1. The van der Waals surface area contributed by atoms with E-state index in [0.717, 1.165) is 5.56 Å². The van der Waals surface area contributed by atoms with Crippen LogP contribution in [0, 0.1) is 0 Å². The molecule has 0 aliphatic heterocycles. The molecule has 0 spiro atoms. The fourth-order valence-corrected chi connectivity index (χ4v) is 2.29. The van der Waals surface area contributed by atoms with Gasteiger partial charge in [-0.1, -0.05) is 23.7 Å². The van der Waals surface area contributed by atoms with E-state index in [-0.39, 0.29) is 12.2 Å². The molecular formula is C19H19ClN2O6. The van der Waals surface area contributed by atoms with E-state index in [1.54, 1.807) is 18.2 Å². The number of carbonyl (C=O) groups is 3. The molecule has 0 fully saturated rings. The first-order valence-corrected chi connectivity index (χ1v) is 8.54. The molecule has 28 heavy (non-hydrogen) atoms. The third kappa shape index (κ3) is 5.88. The van der Waals surface area contributed by atoms with Gasteiger partial charge in [0.2, 0.25) is 0 Å². The van der Waals surface area contributed by atoms with Gasteiger partial charge < -0.3 is 19.9 Å². The van der Waals surface area contributed by atoms with E-state index in [9.17, 15) is 14.4 Å². The van der Waals surface area contributed by atoms with Crippen LogP contribution in [-0.4, -0.2) is 31.1 Å². The van der Waals surface area contributed by atoms with E-state index < -0.39 is 24.0 Å². The third-order valence-electron chi connectivity index (χ3n) is 3.61. The average molecular weight is 407 g/mol. The number of benzene rings is 2. The number of imide groups is 1. The first kappa shape index (κ1) is 21.0. The lowest BCUT2D eigenvalue weighted by Crippen LogP contribution is -2.42. The third-order valence-corrected chi connectivity index (χ3v) is 3.86. The fourth-order valence-electron chi connectivity index (χ4n) is 2.16. The molecule has 9 heteroatoms. The van der Waals surface area contributed by atoms with Gasteiger partial charge in [0.1, 0.15) is 6.61 Å². The highest BCUT2D eigenvalue weighted by atomic mass is 35.5. The smallest absolute Gasteiger partial charge is 0.339 e. The second kappa shape index (κ2) is 9.61. The topological polar surface area (TPSA) is 117 Å². The number of hydrogen-bond donors (Lipinski definition) is 2. The predicted octanol–water partition coefficient (Wildman–Crippen LogP) is 2.67. The zero-order chi connectivity index (χ0) is 20.7. The van der Waals surface area contributed by atoms with Crippen LogP contribution in [-0.2, 0) is 16.1 Å². The van der Waals surface area contributed by atoms with Gasteiger partial charge in [-0.25, -0.2) is 9.59 Å². The van der Waals surface area contributed by atoms with Crippen molar-refractivity contribution in [3.63, 3.8) is 0 Å². The molecular weight excluding hydrogens is 388 g/mol. The van der Waals surface area contributed by atoms with E-state index in [1.165, 1.54) is 26.2 Å². The molecule has 1 atom stereocenters. The standard InChI is InChI=1S/C19H19ClN2O6/c1-11(17(23)22-19(21)25)28-18(24)13-5-8-15(16(9-13)26-2)27-10-12-3-6-14(20)7-4-12/h3-9,11H,10H2,1-2H3,(H3,21,22,23,25). The summed E-state index contributed by atoms with van der Waals surface area (Å²) in [7, 11) is 1.43. The summed E-state index contributed by atoms with van der Waals surface area (Å²) in [6.07, 6.45) is -1.20. The largest absolute Gasteiger partial charge is 0.493 e. The Kier molecular flexibility index (Phi) is 7.22. The zero-order valence-electron chi connectivity index (χ0n) is 15.2. The Morgan fingerprint density at radius 1 is 1.11 bits per heavy atom. The zero-order valence-corrected chi connectivity index (χ0v) is 16.0. The average Bonchev–Trinajstić information content (AvgIpc) is 2.66. The number of urea groups is 1. The van der Waals surface area contributed by atoms with Gasteiger partial charge in [0.15, 0.2) is 17.6 Å². The summed E-state index contributed by atoms with van der Waals surface area (Å²) in [5, 5.41) is 2.46. The first-order chi connectivity index (χ1) is 13.3. The Balaban J connectivity index is 2.04. The predicted molar refractivity (Wildman–Crippen MR) is 101 cm³/mol. The normalized spacial score (nSPS) is 11.2. The SMILES string of the molecule is COc1cc(C(=O)OC(C)C(=O)NC(N)=O)ccc1OCc1ccc(Cl)cc1. The molecule has 0 saturated carbocycles. The van der Waals surface area contributed by atoms with Crippen LogP contribution in [0.1, 0.15) is 22.8 Å². The summed E-state index contributed by atoms with van der Waals surface area (Å²) >= 11 is 5.85. The second-order valence-electron chi connectivity index (χ2n) is 5.68. The number of primary amides is 1. The summed E-state index contributed by atoms with van der Waals surface area (Å²) in [5.41, 5.74) is 5.91. The number of esters is 1. The maximum atomic E-state index is 12.2. The lowest BCUT2D eigenvalue weighted by atomic mass is 10.2. The molecule has 3 N–H and O–H groups in total. The lowest BCUT2D eigenvalue weighted by Gasteiger charge is -2.14.